The van der Waals surface area contributed by atoms with Crippen molar-refractivity contribution in [1.29, 1.82) is 0 Å². The lowest BCUT2D eigenvalue weighted by molar-refractivity contribution is -0.161. The zero-order valence-corrected chi connectivity index (χ0v) is 45.1. The Morgan fingerprint density at radius 2 is 1.29 bits per heavy atom. The molecule has 1 aliphatic rings. The minimum atomic E-state index is -5.45. The highest BCUT2D eigenvalue weighted by molar-refractivity contribution is 7.61. The smallest absolute Gasteiger partial charge is 0.462 e. The Kier molecular flexibility index (Phi) is 35.7. The molecule has 416 valence electrons. The molecular weight excluding hydrogens is 985 g/mol. The number of aromatic nitrogens is 2. The number of esters is 2. The van der Waals surface area contributed by atoms with E-state index in [9.17, 15) is 48.6 Å². The summed E-state index contributed by atoms with van der Waals surface area (Å²) in [4.78, 5) is 62.0. The number of allylic oxidation sites excluding steroid dienone is 8. The van der Waals surface area contributed by atoms with E-state index in [0.29, 0.717) is 32.1 Å². The van der Waals surface area contributed by atoms with Gasteiger partial charge >= 0.3 is 33.3 Å². The third kappa shape index (κ3) is 32.5. The molecule has 0 aliphatic carbocycles. The SMILES string of the molecule is CCCCC/C=C\C=C/[C@@H](O)C/C=C\C/C=C/CCCC(=O)OC[C@H](COP(=O)(O)OP(=O)(O)OC[C@H]1O[C@@H](n2ccc(N)nc2=O)[C@H](O)[C@@H]1O)OC(=O)CCCCCCCCC/C=C\CCCCCCCC. The van der Waals surface area contributed by atoms with E-state index in [-0.39, 0.29) is 18.7 Å². The number of nitrogen functional groups attached to an aromatic ring is 1. The number of nitrogens with two attached hydrogens (primary N) is 1. The number of carbonyl (C=O) groups excluding carboxylic acids is 2. The molecular formula is C52H87N3O16P2. The Morgan fingerprint density at radius 3 is 1.97 bits per heavy atom. The number of anilines is 1. The fourth-order valence-electron chi connectivity index (χ4n) is 7.50. The van der Waals surface area contributed by atoms with Crippen LogP contribution in [0.4, 0.5) is 5.82 Å². The highest BCUT2D eigenvalue weighted by Crippen LogP contribution is 2.60. The molecule has 19 nitrogen and oxygen atoms in total. The van der Waals surface area contributed by atoms with Crippen LogP contribution in [0.25, 0.3) is 0 Å². The van der Waals surface area contributed by atoms with Crippen LogP contribution in [-0.4, -0.2) is 96.9 Å². The van der Waals surface area contributed by atoms with Crippen LogP contribution in [0.2, 0.25) is 0 Å². The van der Waals surface area contributed by atoms with Crippen LogP contribution in [0, 0.1) is 0 Å². The van der Waals surface area contributed by atoms with Crippen molar-refractivity contribution in [2.45, 2.75) is 211 Å². The predicted octanol–water partition coefficient (Wildman–Crippen LogP) is 10.1. The lowest BCUT2D eigenvalue weighted by Crippen LogP contribution is -2.36. The van der Waals surface area contributed by atoms with Crippen LogP contribution in [-0.2, 0) is 46.3 Å². The molecule has 8 atom stereocenters. The van der Waals surface area contributed by atoms with Crippen molar-refractivity contribution in [1.82, 2.24) is 9.55 Å². The van der Waals surface area contributed by atoms with E-state index in [4.69, 9.17) is 29.0 Å². The summed E-state index contributed by atoms with van der Waals surface area (Å²) in [5.74, 6) is -1.41. The zero-order valence-electron chi connectivity index (χ0n) is 43.3. The Labute approximate surface area is 433 Å². The number of aliphatic hydroxyl groups excluding tert-OH is 3. The topological polar surface area (TPSA) is 286 Å². The average Bonchev–Trinajstić information content (AvgIpc) is 3.62. The van der Waals surface area contributed by atoms with E-state index in [1.54, 1.807) is 6.08 Å². The highest BCUT2D eigenvalue weighted by atomic mass is 31.3. The van der Waals surface area contributed by atoms with Crippen molar-refractivity contribution in [3.05, 3.63) is 83.5 Å². The second kappa shape index (κ2) is 39.8. The third-order valence-electron chi connectivity index (χ3n) is 11.7. The Hall–Kier alpha value is -3.58. The van der Waals surface area contributed by atoms with E-state index in [0.717, 1.165) is 75.0 Å². The number of unbranched alkanes of at least 4 members (excludes halogenated alkanes) is 17. The molecule has 7 N–H and O–H groups in total. The van der Waals surface area contributed by atoms with Crippen molar-refractivity contribution < 1.29 is 71.4 Å². The number of aliphatic hydroxyl groups is 3. The number of carbonyl (C=O) groups is 2. The minimum absolute atomic E-state index is 0.0145. The molecule has 0 saturated carbocycles. The first-order valence-electron chi connectivity index (χ1n) is 26.4. The van der Waals surface area contributed by atoms with Gasteiger partial charge in [0.25, 0.3) is 0 Å². The largest absolute Gasteiger partial charge is 0.481 e. The third-order valence-corrected chi connectivity index (χ3v) is 14.3. The maximum Gasteiger partial charge on any atom is 0.481 e. The Balaban J connectivity index is 1.83. The van der Waals surface area contributed by atoms with Crippen LogP contribution in [0.1, 0.15) is 181 Å². The maximum atomic E-state index is 12.9. The number of nitrogens with zero attached hydrogens (tertiary/aromatic N) is 2. The number of ether oxygens (including phenoxy) is 3. The molecule has 1 aromatic rings. The summed E-state index contributed by atoms with van der Waals surface area (Å²) in [5.41, 5.74) is 4.58. The standard InChI is InChI=1S/C52H87N3O16P2/c1-3-5-7-9-11-12-13-14-15-16-17-18-19-20-24-29-33-37-48(58)69-44(40-66-47(57)36-32-28-25-21-23-27-31-35-43(56)34-30-26-22-10-8-6-4-2)41-67-72(62,63)71-73(64,65)68-42-45-49(59)50(60)51(70-45)55-39-38-46(53)54-52(55)61/h14-15,21-22,25-27,30-31,34,38-39,43-45,49-51,56,59-60H,3-13,16-20,23-24,28-29,32-33,35-37,40-42H2,1-2H3,(H,62,63)(H,64,65)(H2,53,54,61)/b15-14-,25-21+,26-22-,31-27-,34-30-/t43-,44-,45-,49-,50-,51-/m1/s1. The molecule has 1 aliphatic heterocycles. The van der Waals surface area contributed by atoms with Crippen molar-refractivity contribution in [3.63, 3.8) is 0 Å². The quantitative estimate of drug-likeness (QED) is 0.0117. The molecule has 0 aromatic carbocycles. The first-order chi connectivity index (χ1) is 35.1. The highest BCUT2D eigenvalue weighted by Gasteiger charge is 2.46. The van der Waals surface area contributed by atoms with Crippen LogP contribution in [0.5, 0.6) is 0 Å². The average molecular weight is 1070 g/mol. The number of phosphoric ester groups is 2. The minimum Gasteiger partial charge on any atom is -0.462 e. The van der Waals surface area contributed by atoms with Crippen LogP contribution < -0.4 is 11.4 Å². The number of hydrogen-bond donors (Lipinski definition) is 6. The Bertz CT molecular complexity index is 1980. The van der Waals surface area contributed by atoms with Crippen molar-refractivity contribution in [2.24, 2.45) is 0 Å². The predicted molar refractivity (Wildman–Crippen MR) is 281 cm³/mol. The molecule has 2 unspecified atom stereocenters. The fraction of sp³-hybridized carbons (Fsp3) is 0.692. The normalized spacial score (nSPS) is 19.9. The maximum absolute atomic E-state index is 12.9. The summed E-state index contributed by atoms with van der Waals surface area (Å²) in [6.45, 7) is 1.99. The lowest BCUT2D eigenvalue weighted by Gasteiger charge is -2.21. The molecule has 21 heteroatoms. The second-order valence-corrected chi connectivity index (χ2v) is 21.3. The molecule has 0 bridgehead atoms. The van der Waals surface area contributed by atoms with Gasteiger partial charge in [-0.3, -0.25) is 23.2 Å². The molecule has 0 amide bonds. The monoisotopic (exact) mass is 1070 g/mol. The van der Waals surface area contributed by atoms with Crippen molar-refractivity contribution >= 4 is 33.4 Å². The number of phosphoric acid groups is 2. The lowest BCUT2D eigenvalue weighted by atomic mass is 10.1. The van der Waals surface area contributed by atoms with Gasteiger partial charge < -0.3 is 45.1 Å². The Morgan fingerprint density at radius 1 is 0.726 bits per heavy atom. The van der Waals surface area contributed by atoms with Crippen molar-refractivity contribution in [2.75, 3.05) is 25.6 Å². The summed E-state index contributed by atoms with van der Waals surface area (Å²) in [6, 6.07) is 1.24. The molecule has 2 heterocycles. The van der Waals surface area contributed by atoms with E-state index in [2.05, 4.69) is 41.4 Å². The molecule has 0 spiro atoms. The van der Waals surface area contributed by atoms with Gasteiger partial charge in [0.05, 0.1) is 19.3 Å². The summed E-state index contributed by atoms with van der Waals surface area (Å²) >= 11 is 0. The molecule has 2 rings (SSSR count). The first-order valence-corrected chi connectivity index (χ1v) is 29.4. The van der Waals surface area contributed by atoms with E-state index in [1.165, 1.54) is 57.4 Å². The number of rotatable bonds is 43. The molecule has 0 radical (unpaired) electrons. The van der Waals surface area contributed by atoms with Gasteiger partial charge in [-0.05, 0) is 76.7 Å². The summed E-state index contributed by atoms with van der Waals surface area (Å²) in [7, 11) is -10.9. The van der Waals surface area contributed by atoms with Gasteiger partial charge in [-0.1, -0.05) is 152 Å². The van der Waals surface area contributed by atoms with Gasteiger partial charge in [-0.2, -0.15) is 9.29 Å². The van der Waals surface area contributed by atoms with Crippen LogP contribution in [0.3, 0.4) is 0 Å². The van der Waals surface area contributed by atoms with Crippen LogP contribution >= 0.6 is 15.6 Å². The van der Waals surface area contributed by atoms with E-state index < -0.39 is 89.8 Å². The van der Waals surface area contributed by atoms with Gasteiger partial charge in [-0.25, -0.2) is 13.9 Å². The fourth-order valence-corrected chi connectivity index (χ4v) is 9.61. The number of hydrogen-bond acceptors (Lipinski definition) is 16. The van der Waals surface area contributed by atoms with E-state index in [1.807, 2.05) is 36.5 Å². The summed E-state index contributed by atoms with van der Waals surface area (Å²) in [6.07, 6.45) is 36.0. The van der Waals surface area contributed by atoms with Crippen molar-refractivity contribution in [3.8, 4) is 0 Å². The van der Waals surface area contributed by atoms with Gasteiger partial charge in [0.2, 0.25) is 0 Å². The molecule has 73 heavy (non-hydrogen) atoms. The summed E-state index contributed by atoms with van der Waals surface area (Å²) < 4.78 is 56.7. The van der Waals surface area contributed by atoms with E-state index >= 15 is 0 Å². The zero-order chi connectivity index (χ0) is 53.6. The first kappa shape index (κ1) is 65.5. The van der Waals surface area contributed by atoms with Gasteiger partial charge in [0, 0.05) is 19.0 Å². The van der Waals surface area contributed by atoms with Gasteiger partial charge in [-0.15, -0.1) is 0 Å². The molecule has 1 fully saturated rings. The molecule has 1 aromatic heterocycles. The van der Waals surface area contributed by atoms with Gasteiger partial charge in [0.15, 0.2) is 12.3 Å². The van der Waals surface area contributed by atoms with Crippen LogP contribution in [0.15, 0.2) is 77.8 Å². The summed E-state index contributed by atoms with van der Waals surface area (Å²) in [5, 5.41) is 31.0. The molecule has 1 saturated heterocycles. The van der Waals surface area contributed by atoms with Gasteiger partial charge in [0.1, 0.15) is 30.7 Å². The second-order valence-electron chi connectivity index (χ2n) is 18.2.